The van der Waals surface area contributed by atoms with Crippen molar-refractivity contribution < 1.29 is 9.90 Å². The maximum absolute atomic E-state index is 11.3. The summed E-state index contributed by atoms with van der Waals surface area (Å²) in [6.45, 7) is 2.39. The van der Waals surface area contributed by atoms with Crippen molar-refractivity contribution in [2.75, 3.05) is 13.2 Å². The van der Waals surface area contributed by atoms with Crippen LogP contribution in [0.5, 0.6) is 0 Å². The highest BCUT2D eigenvalue weighted by molar-refractivity contribution is 5.92. The first-order chi connectivity index (χ1) is 6.24. The molecule has 1 heterocycles. The molecule has 0 unspecified atom stereocenters. The Morgan fingerprint density at radius 1 is 1.77 bits per heavy atom. The molecule has 0 aliphatic rings. The molecule has 0 saturated heterocycles. The van der Waals surface area contributed by atoms with Gasteiger partial charge in [0, 0.05) is 18.8 Å². The highest BCUT2D eigenvalue weighted by Gasteiger charge is 2.07. The van der Waals surface area contributed by atoms with Crippen LogP contribution in [0.4, 0.5) is 0 Å². The van der Waals surface area contributed by atoms with Crippen molar-refractivity contribution in [2.45, 2.75) is 13.3 Å². The van der Waals surface area contributed by atoms with Crippen LogP contribution in [0.25, 0.3) is 0 Å². The second-order valence-electron chi connectivity index (χ2n) is 2.77. The summed E-state index contributed by atoms with van der Waals surface area (Å²) in [6, 6.07) is 1.67. The van der Waals surface area contributed by atoms with Crippen LogP contribution in [-0.4, -0.2) is 34.4 Å². The Morgan fingerprint density at radius 3 is 3.08 bits per heavy atom. The molecule has 5 nitrogen and oxygen atoms in total. The van der Waals surface area contributed by atoms with Gasteiger partial charge in [-0.15, -0.1) is 0 Å². The number of hydrogen-bond donors (Lipinski definition) is 3. The quantitative estimate of drug-likeness (QED) is 0.567. The van der Waals surface area contributed by atoms with Crippen molar-refractivity contribution in [3.05, 3.63) is 17.5 Å². The van der Waals surface area contributed by atoms with Gasteiger partial charge in [0.25, 0.3) is 5.91 Å². The number of carbonyl (C=O) groups is 1. The number of hydrogen-bond acceptors (Lipinski definition) is 3. The summed E-state index contributed by atoms with van der Waals surface area (Å²) in [5, 5.41) is 17.6. The number of aryl methyl sites for hydroxylation is 1. The molecule has 0 aromatic carbocycles. The monoisotopic (exact) mass is 183 g/mol. The zero-order chi connectivity index (χ0) is 9.68. The minimum Gasteiger partial charge on any atom is -0.396 e. The van der Waals surface area contributed by atoms with E-state index in [9.17, 15) is 4.79 Å². The maximum atomic E-state index is 11.3. The van der Waals surface area contributed by atoms with Crippen LogP contribution < -0.4 is 5.32 Å². The van der Waals surface area contributed by atoms with E-state index in [0.29, 0.717) is 18.7 Å². The average Bonchev–Trinajstić information content (AvgIpc) is 2.52. The van der Waals surface area contributed by atoms with E-state index in [2.05, 4.69) is 15.5 Å². The molecule has 1 rings (SSSR count). The molecule has 1 aromatic rings. The summed E-state index contributed by atoms with van der Waals surface area (Å²) in [5.74, 6) is -0.210. The van der Waals surface area contributed by atoms with Gasteiger partial charge in [-0.25, -0.2) is 0 Å². The van der Waals surface area contributed by atoms with Crippen molar-refractivity contribution in [1.82, 2.24) is 15.5 Å². The van der Waals surface area contributed by atoms with Gasteiger partial charge in [-0.05, 0) is 19.4 Å². The fourth-order valence-electron chi connectivity index (χ4n) is 0.906. The lowest BCUT2D eigenvalue weighted by molar-refractivity contribution is 0.0946. The zero-order valence-electron chi connectivity index (χ0n) is 7.50. The molecule has 3 N–H and O–H groups in total. The van der Waals surface area contributed by atoms with E-state index >= 15 is 0 Å². The zero-order valence-corrected chi connectivity index (χ0v) is 7.50. The minimum absolute atomic E-state index is 0.0832. The Kier molecular flexibility index (Phi) is 3.45. The van der Waals surface area contributed by atoms with Gasteiger partial charge < -0.3 is 10.4 Å². The molecule has 5 heteroatoms. The highest BCUT2D eigenvalue weighted by Crippen LogP contribution is 1.96. The largest absolute Gasteiger partial charge is 0.396 e. The molecule has 0 saturated carbocycles. The third kappa shape index (κ3) is 2.87. The summed E-state index contributed by atoms with van der Waals surface area (Å²) < 4.78 is 0. The SMILES string of the molecule is Cc1cc(C(=O)NCCCO)n[nH]1. The Morgan fingerprint density at radius 2 is 2.54 bits per heavy atom. The first kappa shape index (κ1) is 9.73. The smallest absolute Gasteiger partial charge is 0.271 e. The van der Waals surface area contributed by atoms with Crippen LogP contribution >= 0.6 is 0 Å². The van der Waals surface area contributed by atoms with Crippen LogP contribution in [0.15, 0.2) is 6.07 Å². The first-order valence-electron chi connectivity index (χ1n) is 4.15. The number of nitrogens with zero attached hydrogens (tertiary/aromatic N) is 1. The number of aromatic amines is 1. The lowest BCUT2D eigenvalue weighted by Crippen LogP contribution is -2.25. The fraction of sp³-hybridized carbons (Fsp3) is 0.500. The predicted octanol–water partition coefficient (Wildman–Crippen LogP) is -0.170. The van der Waals surface area contributed by atoms with Crippen molar-refractivity contribution >= 4 is 5.91 Å². The summed E-state index contributed by atoms with van der Waals surface area (Å²) in [4.78, 5) is 11.3. The van der Waals surface area contributed by atoms with Gasteiger partial charge in [0.2, 0.25) is 0 Å². The standard InChI is InChI=1S/C8H13N3O2/c1-6-5-7(11-10-6)8(13)9-3-2-4-12/h5,12H,2-4H2,1H3,(H,9,13)(H,10,11). The van der Waals surface area contributed by atoms with Gasteiger partial charge >= 0.3 is 0 Å². The summed E-state index contributed by atoms with van der Waals surface area (Å²) >= 11 is 0. The van der Waals surface area contributed by atoms with Gasteiger partial charge in [-0.1, -0.05) is 0 Å². The van der Waals surface area contributed by atoms with Gasteiger partial charge in [0.1, 0.15) is 5.69 Å². The molecular formula is C8H13N3O2. The lowest BCUT2D eigenvalue weighted by atomic mass is 10.3. The van der Waals surface area contributed by atoms with Crippen LogP contribution in [0.2, 0.25) is 0 Å². The third-order valence-corrected chi connectivity index (χ3v) is 1.56. The van der Waals surface area contributed by atoms with Gasteiger partial charge in [0.15, 0.2) is 0 Å². The molecule has 1 aromatic heterocycles. The molecular weight excluding hydrogens is 170 g/mol. The molecule has 0 aliphatic carbocycles. The van der Waals surface area contributed by atoms with E-state index in [1.54, 1.807) is 6.07 Å². The fourth-order valence-corrected chi connectivity index (χ4v) is 0.906. The second-order valence-corrected chi connectivity index (χ2v) is 2.77. The number of aliphatic hydroxyl groups excluding tert-OH is 1. The van der Waals surface area contributed by atoms with E-state index in [-0.39, 0.29) is 12.5 Å². The average molecular weight is 183 g/mol. The van der Waals surface area contributed by atoms with E-state index in [0.717, 1.165) is 5.69 Å². The van der Waals surface area contributed by atoms with E-state index in [1.165, 1.54) is 0 Å². The molecule has 0 fully saturated rings. The number of aliphatic hydroxyl groups is 1. The topological polar surface area (TPSA) is 78.0 Å². The van der Waals surface area contributed by atoms with Crippen LogP contribution in [-0.2, 0) is 0 Å². The number of carbonyl (C=O) groups excluding carboxylic acids is 1. The molecule has 0 aliphatic heterocycles. The number of aromatic nitrogens is 2. The minimum atomic E-state index is -0.210. The highest BCUT2D eigenvalue weighted by atomic mass is 16.3. The van der Waals surface area contributed by atoms with E-state index in [1.807, 2.05) is 6.92 Å². The Balaban J connectivity index is 2.40. The third-order valence-electron chi connectivity index (χ3n) is 1.56. The Labute approximate surface area is 76.2 Å². The summed E-state index contributed by atoms with van der Waals surface area (Å²) in [6.07, 6.45) is 0.565. The molecule has 72 valence electrons. The molecule has 0 radical (unpaired) electrons. The van der Waals surface area contributed by atoms with Crippen molar-refractivity contribution in [3.8, 4) is 0 Å². The molecule has 1 amide bonds. The van der Waals surface area contributed by atoms with Crippen LogP contribution in [0.1, 0.15) is 22.6 Å². The van der Waals surface area contributed by atoms with Crippen molar-refractivity contribution in [1.29, 1.82) is 0 Å². The number of amides is 1. The predicted molar refractivity (Wildman–Crippen MR) is 47.4 cm³/mol. The summed E-state index contributed by atoms with van der Waals surface area (Å²) in [7, 11) is 0. The summed E-state index contributed by atoms with van der Waals surface area (Å²) in [5.41, 5.74) is 1.24. The van der Waals surface area contributed by atoms with Crippen molar-refractivity contribution in [2.24, 2.45) is 0 Å². The number of nitrogens with one attached hydrogen (secondary N) is 2. The van der Waals surface area contributed by atoms with Gasteiger partial charge in [-0.3, -0.25) is 9.89 Å². The van der Waals surface area contributed by atoms with Crippen LogP contribution in [0, 0.1) is 6.92 Å². The molecule has 13 heavy (non-hydrogen) atoms. The van der Waals surface area contributed by atoms with E-state index < -0.39 is 0 Å². The first-order valence-corrected chi connectivity index (χ1v) is 4.15. The molecule has 0 bridgehead atoms. The Hall–Kier alpha value is -1.36. The number of rotatable bonds is 4. The van der Waals surface area contributed by atoms with Crippen molar-refractivity contribution in [3.63, 3.8) is 0 Å². The second kappa shape index (κ2) is 4.61. The normalized spacial score (nSPS) is 10.0. The van der Waals surface area contributed by atoms with Crippen LogP contribution in [0.3, 0.4) is 0 Å². The Bertz CT molecular complexity index is 283. The molecule has 0 atom stereocenters. The molecule has 0 spiro atoms. The number of H-pyrrole nitrogens is 1. The van der Waals surface area contributed by atoms with Gasteiger partial charge in [0.05, 0.1) is 0 Å². The van der Waals surface area contributed by atoms with Gasteiger partial charge in [-0.2, -0.15) is 5.10 Å². The lowest BCUT2D eigenvalue weighted by Gasteiger charge is -1.99. The maximum Gasteiger partial charge on any atom is 0.271 e. The van der Waals surface area contributed by atoms with E-state index in [4.69, 9.17) is 5.11 Å².